The van der Waals surface area contributed by atoms with Crippen LogP contribution in [0.4, 0.5) is 5.69 Å². The van der Waals surface area contributed by atoms with Crippen molar-refractivity contribution in [1.82, 2.24) is 0 Å². The minimum atomic E-state index is -0.872. The van der Waals surface area contributed by atoms with E-state index >= 15 is 0 Å². The minimum absolute atomic E-state index is 0.0259. The largest absolute Gasteiger partial charge is 0.481 e. The maximum Gasteiger partial charge on any atom is 0.303 e. The van der Waals surface area contributed by atoms with E-state index in [9.17, 15) is 9.59 Å². The molecule has 0 fully saturated rings. The van der Waals surface area contributed by atoms with Crippen LogP contribution in [0.5, 0.6) is 0 Å². The first-order valence-corrected chi connectivity index (χ1v) is 6.04. The van der Waals surface area contributed by atoms with Crippen molar-refractivity contribution in [2.45, 2.75) is 19.3 Å². The summed E-state index contributed by atoms with van der Waals surface area (Å²) in [5.41, 5.74) is 0.791. The molecule has 0 saturated carbocycles. The second kappa shape index (κ2) is 6.39. The van der Waals surface area contributed by atoms with E-state index in [1.54, 1.807) is 7.05 Å². The summed E-state index contributed by atoms with van der Waals surface area (Å²) in [4.78, 5) is 23.6. The van der Waals surface area contributed by atoms with Gasteiger partial charge >= 0.3 is 5.97 Å². The zero-order valence-corrected chi connectivity index (χ0v) is 11.1. The summed E-state index contributed by atoms with van der Waals surface area (Å²) in [6, 6.07) is 7.40. The quantitative estimate of drug-likeness (QED) is 0.909. The average Bonchev–Trinajstić information content (AvgIpc) is 2.27. The van der Waals surface area contributed by atoms with Crippen LogP contribution >= 0.6 is 15.9 Å². The molecule has 0 radical (unpaired) electrons. The molecular formula is C12H14BrNO3. The van der Waals surface area contributed by atoms with Gasteiger partial charge in [-0.15, -0.1) is 0 Å². The highest BCUT2D eigenvalue weighted by atomic mass is 79.9. The summed E-state index contributed by atoms with van der Waals surface area (Å²) in [5, 5.41) is 8.49. The molecule has 0 aromatic heterocycles. The molecule has 4 nitrogen and oxygen atoms in total. The van der Waals surface area contributed by atoms with Crippen LogP contribution < -0.4 is 4.90 Å². The fourth-order valence-corrected chi connectivity index (χ4v) is 1.77. The van der Waals surface area contributed by atoms with E-state index in [2.05, 4.69) is 15.9 Å². The number of hydrogen-bond donors (Lipinski definition) is 1. The predicted molar refractivity (Wildman–Crippen MR) is 69.0 cm³/mol. The monoisotopic (exact) mass is 299 g/mol. The van der Waals surface area contributed by atoms with E-state index in [1.807, 2.05) is 24.3 Å². The molecule has 1 aromatic carbocycles. The number of hydrogen-bond acceptors (Lipinski definition) is 2. The number of anilines is 1. The highest BCUT2D eigenvalue weighted by Gasteiger charge is 2.11. The molecule has 1 amide bonds. The van der Waals surface area contributed by atoms with Crippen LogP contribution in [0, 0.1) is 0 Å². The van der Waals surface area contributed by atoms with Gasteiger partial charge in [-0.25, -0.2) is 0 Å². The number of carbonyl (C=O) groups excluding carboxylic acids is 1. The van der Waals surface area contributed by atoms with Crippen molar-refractivity contribution in [3.05, 3.63) is 28.7 Å². The molecule has 0 heterocycles. The van der Waals surface area contributed by atoms with Gasteiger partial charge in [-0.1, -0.05) is 22.0 Å². The molecule has 1 N–H and O–H groups in total. The number of nitrogens with zero attached hydrogens (tertiary/aromatic N) is 1. The van der Waals surface area contributed by atoms with Gasteiger partial charge in [0.1, 0.15) is 0 Å². The Bertz CT molecular complexity index is 420. The number of carboxylic acid groups (broad SMARTS) is 1. The van der Waals surface area contributed by atoms with Gasteiger partial charge in [0.05, 0.1) is 0 Å². The van der Waals surface area contributed by atoms with Crippen LogP contribution in [0.25, 0.3) is 0 Å². The third-order valence-corrected chi connectivity index (χ3v) is 2.84. The van der Waals surface area contributed by atoms with Gasteiger partial charge in [-0.2, -0.15) is 0 Å². The molecule has 0 aliphatic rings. The van der Waals surface area contributed by atoms with E-state index in [0.717, 1.165) is 10.2 Å². The number of carboxylic acids is 1. The first-order valence-electron chi connectivity index (χ1n) is 5.24. The van der Waals surface area contributed by atoms with Crippen LogP contribution in [0.1, 0.15) is 19.3 Å². The van der Waals surface area contributed by atoms with Crippen LogP contribution in [0.2, 0.25) is 0 Å². The summed E-state index contributed by atoms with van der Waals surface area (Å²) < 4.78 is 0.903. The van der Waals surface area contributed by atoms with Crippen molar-refractivity contribution in [3.8, 4) is 0 Å². The third-order valence-electron chi connectivity index (χ3n) is 2.35. The zero-order chi connectivity index (χ0) is 12.8. The lowest BCUT2D eigenvalue weighted by Crippen LogP contribution is -2.25. The first kappa shape index (κ1) is 13.7. The SMILES string of the molecule is CN(C(=O)CCCC(=O)O)c1cccc(Br)c1. The lowest BCUT2D eigenvalue weighted by Gasteiger charge is -2.17. The van der Waals surface area contributed by atoms with Crippen molar-refractivity contribution in [2.24, 2.45) is 0 Å². The Labute approximate surface area is 108 Å². The summed E-state index contributed by atoms with van der Waals surface area (Å²) in [5.74, 6) is -0.952. The Morgan fingerprint density at radius 1 is 1.35 bits per heavy atom. The predicted octanol–water partition coefficient (Wildman–Crippen LogP) is 2.67. The van der Waals surface area contributed by atoms with Crippen molar-refractivity contribution in [1.29, 1.82) is 0 Å². The molecule has 0 aliphatic carbocycles. The van der Waals surface area contributed by atoms with Crippen molar-refractivity contribution in [3.63, 3.8) is 0 Å². The summed E-state index contributed by atoms with van der Waals surface area (Å²) in [6.45, 7) is 0. The fraction of sp³-hybridized carbons (Fsp3) is 0.333. The van der Waals surface area contributed by atoms with Crippen molar-refractivity contribution in [2.75, 3.05) is 11.9 Å². The highest BCUT2D eigenvalue weighted by molar-refractivity contribution is 9.10. The molecule has 92 valence electrons. The Balaban J connectivity index is 2.54. The molecule has 0 unspecified atom stereocenters. The molecule has 0 atom stereocenters. The van der Waals surface area contributed by atoms with E-state index < -0.39 is 5.97 Å². The average molecular weight is 300 g/mol. The van der Waals surface area contributed by atoms with Gasteiger partial charge in [0.2, 0.25) is 5.91 Å². The number of rotatable bonds is 5. The summed E-state index contributed by atoms with van der Waals surface area (Å²) in [7, 11) is 1.69. The van der Waals surface area contributed by atoms with Crippen molar-refractivity contribution < 1.29 is 14.7 Å². The lowest BCUT2D eigenvalue weighted by molar-refractivity contribution is -0.137. The Morgan fingerprint density at radius 3 is 2.65 bits per heavy atom. The molecular weight excluding hydrogens is 286 g/mol. The van der Waals surface area contributed by atoms with Gasteiger partial charge in [-0.05, 0) is 24.6 Å². The van der Waals surface area contributed by atoms with E-state index in [-0.39, 0.29) is 18.7 Å². The van der Waals surface area contributed by atoms with Gasteiger partial charge < -0.3 is 10.0 Å². The number of aliphatic carboxylic acids is 1. The van der Waals surface area contributed by atoms with Gasteiger partial charge in [0, 0.05) is 30.0 Å². The molecule has 0 spiro atoms. The van der Waals surface area contributed by atoms with Gasteiger partial charge in [-0.3, -0.25) is 9.59 Å². The summed E-state index contributed by atoms with van der Waals surface area (Å²) in [6.07, 6.45) is 0.639. The summed E-state index contributed by atoms with van der Waals surface area (Å²) >= 11 is 3.34. The Kier molecular flexibility index (Phi) is 5.15. The highest BCUT2D eigenvalue weighted by Crippen LogP contribution is 2.19. The second-order valence-electron chi connectivity index (χ2n) is 3.68. The first-order chi connectivity index (χ1) is 8.00. The van der Waals surface area contributed by atoms with Crippen molar-refractivity contribution >= 4 is 33.5 Å². The number of halogens is 1. The van der Waals surface area contributed by atoms with E-state index in [0.29, 0.717) is 6.42 Å². The molecule has 1 aromatic rings. The van der Waals surface area contributed by atoms with Crippen LogP contribution in [-0.2, 0) is 9.59 Å². The normalized spacial score (nSPS) is 10.0. The Morgan fingerprint density at radius 2 is 2.06 bits per heavy atom. The van der Waals surface area contributed by atoms with Gasteiger partial charge in [0.15, 0.2) is 0 Å². The fourth-order valence-electron chi connectivity index (χ4n) is 1.39. The maximum absolute atomic E-state index is 11.8. The van der Waals surface area contributed by atoms with E-state index in [1.165, 1.54) is 4.90 Å². The molecule has 0 aliphatic heterocycles. The minimum Gasteiger partial charge on any atom is -0.481 e. The molecule has 1 rings (SSSR count). The smallest absolute Gasteiger partial charge is 0.303 e. The molecule has 5 heteroatoms. The Hall–Kier alpha value is -1.36. The molecule has 17 heavy (non-hydrogen) atoms. The number of amides is 1. The van der Waals surface area contributed by atoms with Gasteiger partial charge in [0.25, 0.3) is 0 Å². The third kappa shape index (κ3) is 4.56. The topological polar surface area (TPSA) is 57.6 Å². The number of benzene rings is 1. The zero-order valence-electron chi connectivity index (χ0n) is 9.52. The maximum atomic E-state index is 11.8. The molecule has 0 bridgehead atoms. The van der Waals surface area contributed by atoms with E-state index in [4.69, 9.17) is 5.11 Å². The molecule has 0 saturated heterocycles. The standard InChI is InChI=1S/C12H14BrNO3/c1-14(10-5-2-4-9(13)8-10)11(15)6-3-7-12(16)17/h2,4-5,8H,3,6-7H2,1H3,(H,16,17). The number of carbonyl (C=O) groups is 2. The van der Waals surface area contributed by atoms with Crippen LogP contribution in [-0.4, -0.2) is 24.0 Å². The second-order valence-corrected chi connectivity index (χ2v) is 4.60. The van der Waals surface area contributed by atoms with Crippen LogP contribution in [0.15, 0.2) is 28.7 Å². The van der Waals surface area contributed by atoms with Crippen LogP contribution in [0.3, 0.4) is 0 Å². The lowest BCUT2D eigenvalue weighted by atomic mass is 10.2.